The number of nitrogens with one attached hydrogen (secondary N) is 21. The zero-order valence-electron chi connectivity index (χ0n) is 61.3. The molecule has 1 heterocycles. The highest BCUT2D eigenvalue weighted by atomic mass is 19.2. The van der Waals surface area contributed by atoms with Gasteiger partial charge in [0.05, 0.1) is 12.6 Å². The van der Waals surface area contributed by atoms with Gasteiger partial charge in [-0.3, -0.25) is 79.8 Å². The van der Waals surface area contributed by atoms with Gasteiger partial charge in [0.1, 0.15) is 54.4 Å². The first-order valence-corrected chi connectivity index (χ1v) is 36.2. The Hall–Kier alpha value is -11.6. The third kappa shape index (κ3) is 32.6. The molecule has 1 aliphatic heterocycles. The first-order valence-electron chi connectivity index (χ1n) is 36.2. The molecule has 1 saturated carbocycles. The number of aliphatic hydroxyl groups excluding tert-OH is 1. The molecule has 34 N–H and O–H groups in total. The van der Waals surface area contributed by atoms with E-state index in [0.717, 1.165) is 6.42 Å². The van der Waals surface area contributed by atoms with Gasteiger partial charge in [0, 0.05) is 63.6 Å². The zero-order chi connectivity index (χ0) is 82.3. The fraction of sp³-hybridized carbons (Fsp3) is 0.582. The fourth-order valence-corrected chi connectivity index (χ4v) is 12.3. The molecule has 39 nitrogen and oxygen atoms in total. The van der Waals surface area contributed by atoms with Gasteiger partial charge >= 0.3 is 0 Å². The fourth-order valence-electron chi connectivity index (χ4n) is 12.3. The van der Waals surface area contributed by atoms with E-state index in [-0.39, 0.29) is 133 Å². The van der Waals surface area contributed by atoms with Crippen molar-refractivity contribution in [3.05, 3.63) is 70.7 Å². The molecule has 0 spiro atoms. The van der Waals surface area contributed by atoms with Crippen molar-refractivity contribution in [1.29, 1.82) is 27.0 Å². The van der Waals surface area contributed by atoms with E-state index in [1.54, 1.807) is 18.4 Å². The van der Waals surface area contributed by atoms with Crippen molar-refractivity contribution in [2.45, 2.75) is 189 Å². The van der Waals surface area contributed by atoms with E-state index in [9.17, 15) is 66.2 Å². The summed E-state index contributed by atoms with van der Waals surface area (Å²) in [6, 6.07) is -15.8. The van der Waals surface area contributed by atoms with Crippen molar-refractivity contribution in [1.82, 2.24) is 85.1 Å². The molecule has 1 aromatic rings. The maximum Gasteiger partial charge on any atom is 0.245 e. The third-order valence-corrected chi connectivity index (χ3v) is 18.1. The average molecular weight is 1580 g/mol. The van der Waals surface area contributed by atoms with Crippen molar-refractivity contribution in [2.24, 2.45) is 46.2 Å². The molecule has 44 heteroatoms. The summed E-state index contributed by atoms with van der Waals surface area (Å²) in [5.41, 5.74) is 31.9. The molecule has 0 bridgehead atoms. The molecule has 111 heavy (non-hydrogen) atoms. The molecule has 2 aliphatic carbocycles. The van der Waals surface area contributed by atoms with E-state index in [2.05, 4.69) is 85.1 Å². The smallest absolute Gasteiger partial charge is 0.245 e. The van der Waals surface area contributed by atoms with Crippen LogP contribution in [0.25, 0.3) is 0 Å². The number of benzene rings is 1. The van der Waals surface area contributed by atoms with Crippen LogP contribution in [0.2, 0.25) is 0 Å². The molecule has 1 fully saturated rings. The molecule has 1 aromatic carbocycles. The summed E-state index contributed by atoms with van der Waals surface area (Å²) in [5.74, 6) is -26.0. The molecule has 11 unspecified atom stereocenters. The van der Waals surface area contributed by atoms with E-state index in [1.165, 1.54) is 0 Å². The van der Waals surface area contributed by atoms with Crippen LogP contribution in [-0.4, -0.2) is 207 Å². The molecular formula is C67H106F5N27O12. The lowest BCUT2D eigenvalue weighted by molar-refractivity contribution is -0.136. The van der Waals surface area contributed by atoms with Crippen molar-refractivity contribution >= 4 is 95.3 Å². The maximum atomic E-state index is 15.7. The Kier molecular flexibility index (Phi) is 39.7. The summed E-state index contributed by atoms with van der Waals surface area (Å²) >= 11 is 0. The van der Waals surface area contributed by atoms with Gasteiger partial charge < -0.3 is 125 Å². The number of primary amides is 1. The number of fused-ring (bicyclic) bond motifs is 1. The number of aliphatic hydroxyl groups is 1. The summed E-state index contributed by atoms with van der Waals surface area (Å²) in [6.07, 6.45) is 9.00. The lowest BCUT2D eigenvalue weighted by atomic mass is 9.84. The molecule has 3 aliphatic rings. The molecule has 0 aromatic heterocycles. The van der Waals surface area contributed by atoms with Gasteiger partial charge in [-0.2, -0.15) is 0 Å². The van der Waals surface area contributed by atoms with Gasteiger partial charge in [0.15, 0.2) is 53.1 Å². The third-order valence-electron chi connectivity index (χ3n) is 18.1. The number of hydrogen-bond donors (Lipinski definition) is 28. The Morgan fingerprint density at radius 1 is 0.432 bits per heavy atom. The number of unbranched alkanes of at least 4 members (excludes halogenated alkanes) is 1. The van der Waals surface area contributed by atoms with Crippen molar-refractivity contribution < 1.29 is 79.8 Å². The SMILES string of the molecule is N=C(N)NCCCCNC(=O)C(CCCNC(=N)N)NC(=O)C(CCC(N)=O)NC(=O)C(CCCNC(=N)N)NC(=O)C(CCCNC(=N)N)NC(=O)C(CCCNC(=N)N)NC(=O)C(CC1CCCCC1)NC(=O)C(Cc1c(F)c(F)c(F)c(F)c1F)NC(=O)C(CO)NC(=O)C(CC1=CNC2C=CC=CC12)NC=O. The van der Waals surface area contributed by atoms with Crippen LogP contribution < -0.4 is 119 Å². The second-order valence-corrected chi connectivity index (χ2v) is 26.7. The van der Waals surface area contributed by atoms with Crippen molar-refractivity contribution in [2.75, 3.05) is 45.9 Å². The van der Waals surface area contributed by atoms with Gasteiger partial charge in [-0.25, -0.2) is 22.0 Å². The van der Waals surface area contributed by atoms with E-state index >= 15 is 13.6 Å². The van der Waals surface area contributed by atoms with Gasteiger partial charge in [-0.1, -0.05) is 56.4 Å². The molecule has 11 amide bonds. The monoisotopic (exact) mass is 1580 g/mol. The first kappa shape index (κ1) is 91.8. The van der Waals surface area contributed by atoms with Gasteiger partial charge in [0.2, 0.25) is 71.3 Å². The number of rotatable bonds is 50. The Morgan fingerprint density at radius 2 is 0.784 bits per heavy atom. The highest BCUT2D eigenvalue weighted by molar-refractivity contribution is 5.99. The number of carbonyl (C=O) groups excluding carboxylic acids is 11. The van der Waals surface area contributed by atoms with Gasteiger partial charge in [-0.15, -0.1) is 0 Å². The van der Waals surface area contributed by atoms with Crippen LogP contribution in [0.5, 0.6) is 0 Å². The number of carbonyl (C=O) groups is 11. The highest BCUT2D eigenvalue weighted by Crippen LogP contribution is 2.31. The summed E-state index contributed by atoms with van der Waals surface area (Å²) in [4.78, 5) is 154. The number of amides is 11. The van der Waals surface area contributed by atoms with Crippen LogP contribution in [0, 0.1) is 68.0 Å². The maximum absolute atomic E-state index is 15.7. The quantitative estimate of drug-likeness (QED) is 0.00551. The molecule has 4 rings (SSSR count). The Labute approximate surface area is 636 Å². The number of nitrogens with two attached hydrogens (primary N) is 6. The molecule has 616 valence electrons. The Morgan fingerprint density at radius 3 is 1.22 bits per heavy atom. The molecular weight excluding hydrogens is 1470 g/mol. The summed E-state index contributed by atoms with van der Waals surface area (Å²) in [5, 5.41) is 89.1. The Balaban J connectivity index is 1.74. The van der Waals surface area contributed by atoms with Crippen molar-refractivity contribution in [3.63, 3.8) is 0 Å². The average Bonchev–Trinajstić information content (AvgIpc) is 1.69. The standard InChI is InChI=1S/C67H106F5N27O12/c68-49-37(50(69)52(71)53(72)51(49)70)30-46(98-62(111)47(32-100)99-59(108)44(91-33-101)29-35-31-90-38-15-5-4-14-36(35)38)61(110)97-45(28-34-12-2-1-3-13-34)60(109)95-42(19-11-27-89-67(82)83)56(105)93-40(17-9-25-87-65(78)79)55(104)94-41(18-10-26-88-66(80)81)57(106)96-43(20-21-48(73)102)58(107)92-39(16-8-24-86-64(76)77)54(103)84-22-6-7-23-85-63(74)75/h4-5,14-15,31,33-34,36,38-47,90,100H,1-3,6-13,16-30,32H2,(H2,73,102)(H,84,103)(H,91,101)(H,92,107)(H,93,105)(H,94,104)(H,95,109)(H,96,106)(H,97,110)(H,98,111)(H,99,108)(H4,74,75,85)(H4,76,77,86)(H4,78,79,87)(H4,80,81,88)(H4,82,83,89). The van der Waals surface area contributed by atoms with E-state index < -0.39 is 192 Å². The van der Waals surface area contributed by atoms with Crippen LogP contribution in [0.3, 0.4) is 0 Å². The summed E-state index contributed by atoms with van der Waals surface area (Å²) < 4.78 is 75.6. The normalized spacial score (nSPS) is 16.6. The van der Waals surface area contributed by atoms with Gasteiger partial charge in [-0.05, 0) is 101 Å². The largest absolute Gasteiger partial charge is 0.394 e. The second kappa shape index (κ2) is 48.0. The molecule has 0 saturated heterocycles. The van der Waals surface area contributed by atoms with E-state index in [1.807, 2.05) is 12.2 Å². The minimum Gasteiger partial charge on any atom is -0.394 e. The van der Waals surface area contributed by atoms with Crippen LogP contribution in [0.15, 0.2) is 36.1 Å². The lowest BCUT2D eigenvalue weighted by Gasteiger charge is -2.30. The van der Waals surface area contributed by atoms with Crippen molar-refractivity contribution in [3.8, 4) is 0 Å². The topological polar surface area (TPSA) is 676 Å². The Bertz CT molecular complexity index is 3520. The van der Waals surface area contributed by atoms with Crippen LogP contribution in [0.4, 0.5) is 22.0 Å². The summed E-state index contributed by atoms with van der Waals surface area (Å²) in [7, 11) is 0. The number of guanidine groups is 5. The van der Waals surface area contributed by atoms with Crippen LogP contribution >= 0.6 is 0 Å². The zero-order valence-corrected chi connectivity index (χ0v) is 61.3. The first-order chi connectivity index (χ1) is 52.7. The number of halogens is 5. The van der Waals surface area contributed by atoms with Crippen LogP contribution in [0.1, 0.15) is 128 Å². The minimum absolute atomic E-state index is 0.0277. The van der Waals surface area contributed by atoms with Crippen LogP contribution in [-0.2, 0) is 59.2 Å². The molecule has 0 radical (unpaired) electrons. The van der Waals surface area contributed by atoms with E-state index in [4.69, 9.17) is 61.4 Å². The lowest BCUT2D eigenvalue weighted by Crippen LogP contribution is -2.61. The predicted molar refractivity (Wildman–Crippen MR) is 395 cm³/mol. The van der Waals surface area contributed by atoms with Gasteiger partial charge in [0.25, 0.3) is 0 Å². The second-order valence-electron chi connectivity index (χ2n) is 26.7. The number of hydrogen-bond acceptors (Lipinski definition) is 18. The highest BCUT2D eigenvalue weighted by Gasteiger charge is 2.39. The minimum atomic E-state index is -2.57. The predicted octanol–water partition coefficient (Wildman–Crippen LogP) is -5.43. The van der Waals surface area contributed by atoms with E-state index in [0.29, 0.717) is 50.6 Å². The summed E-state index contributed by atoms with van der Waals surface area (Å²) in [6.45, 7) is -0.999. The number of allylic oxidation sites excluding steroid dienone is 2. The molecule has 11 atom stereocenters.